The number of carbonyl (C=O) groups excluding carboxylic acids is 1. The lowest BCUT2D eigenvalue weighted by molar-refractivity contribution is -0.139. The van der Waals surface area contributed by atoms with Gasteiger partial charge >= 0.3 is 12.1 Å². The van der Waals surface area contributed by atoms with Crippen molar-refractivity contribution in [2.75, 3.05) is 11.5 Å². The first-order valence-corrected chi connectivity index (χ1v) is 9.50. The number of hydrogen-bond donors (Lipinski definition) is 2. The second-order valence-electron chi connectivity index (χ2n) is 5.64. The summed E-state index contributed by atoms with van der Waals surface area (Å²) in [6, 6.07) is 8.36. The molecule has 0 heterocycles. The van der Waals surface area contributed by atoms with Crippen molar-refractivity contribution in [3.05, 3.63) is 35.9 Å². The number of alkyl carbamates (subject to hydrolysis) is 1. The van der Waals surface area contributed by atoms with E-state index in [0.29, 0.717) is 18.1 Å². The number of amides is 1. The summed E-state index contributed by atoms with van der Waals surface area (Å²) in [6.07, 6.45) is 1.96. The minimum absolute atomic E-state index is 0.127. The van der Waals surface area contributed by atoms with Crippen molar-refractivity contribution >= 4 is 23.8 Å². The Morgan fingerprint density at radius 2 is 1.88 bits per heavy atom. The molecule has 1 aromatic rings. The molecule has 0 bridgehead atoms. The molecular formula is C18H27NO4S. The zero-order valence-corrected chi connectivity index (χ0v) is 15.2. The van der Waals surface area contributed by atoms with Crippen molar-refractivity contribution in [1.29, 1.82) is 0 Å². The molecule has 0 saturated carbocycles. The van der Waals surface area contributed by atoms with Crippen LogP contribution >= 0.6 is 11.8 Å². The maximum Gasteiger partial charge on any atom is 0.408 e. The van der Waals surface area contributed by atoms with Crippen molar-refractivity contribution < 1.29 is 19.4 Å². The van der Waals surface area contributed by atoms with Crippen molar-refractivity contribution in [2.45, 2.75) is 45.8 Å². The van der Waals surface area contributed by atoms with E-state index in [-0.39, 0.29) is 6.61 Å². The van der Waals surface area contributed by atoms with Gasteiger partial charge in [-0.1, -0.05) is 57.0 Å². The zero-order valence-electron chi connectivity index (χ0n) is 14.4. The van der Waals surface area contributed by atoms with Crippen LogP contribution in [-0.4, -0.2) is 34.7 Å². The van der Waals surface area contributed by atoms with Crippen LogP contribution in [0.5, 0.6) is 0 Å². The second-order valence-corrected chi connectivity index (χ2v) is 6.79. The van der Waals surface area contributed by atoms with E-state index in [2.05, 4.69) is 19.2 Å². The highest BCUT2D eigenvalue weighted by Gasteiger charge is 2.20. The fourth-order valence-corrected chi connectivity index (χ4v) is 3.51. The average molecular weight is 353 g/mol. The van der Waals surface area contributed by atoms with E-state index in [0.717, 1.165) is 24.2 Å². The van der Waals surface area contributed by atoms with Gasteiger partial charge in [0.15, 0.2) is 0 Å². The predicted octanol–water partition coefficient (Wildman–Crippen LogP) is 3.93. The van der Waals surface area contributed by atoms with Crippen molar-refractivity contribution in [3.8, 4) is 0 Å². The van der Waals surface area contributed by atoms with Crippen LogP contribution < -0.4 is 5.32 Å². The summed E-state index contributed by atoms with van der Waals surface area (Å²) in [5, 5.41) is 11.7. The molecule has 0 radical (unpaired) electrons. The monoisotopic (exact) mass is 353 g/mol. The summed E-state index contributed by atoms with van der Waals surface area (Å²) in [4.78, 5) is 23.0. The van der Waals surface area contributed by atoms with Gasteiger partial charge in [0.05, 0.1) is 0 Å². The van der Waals surface area contributed by atoms with Crippen molar-refractivity contribution in [1.82, 2.24) is 5.32 Å². The highest BCUT2D eigenvalue weighted by atomic mass is 32.2. The Morgan fingerprint density at radius 3 is 2.46 bits per heavy atom. The van der Waals surface area contributed by atoms with Gasteiger partial charge in [0.25, 0.3) is 0 Å². The molecule has 1 aromatic carbocycles. The van der Waals surface area contributed by atoms with Crippen LogP contribution in [0.3, 0.4) is 0 Å². The van der Waals surface area contributed by atoms with Gasteiger partial charge in [0.1, 0.15) is 12.6 Å². The number of hydrogen-bond acceptors (Lipinski definition) is 4. The fraction of sp³-hybridized carbons (Fsp3) is 0.556. The van der Waals surface area contributed by atoms with E-state index >= 15 is 0 Å². The summed E-state index contributed by atoms with van der Waals surface area (Å²) < 4.78 is 5.07. The molecule has 1 unspecified atom stereocenters. The molecule has 2 N–H and O–H groups in total. The average Bonchev–Trinajstić information content (AvgIpc) is 2.59. The molecule has 0 aliphatic rings. The van der Waals surface area contributed by atoms with Gasteiger partial charge in [-0.25, -0.2) is 9.59 Å². The third-order valence-electron chi connectivity index (χ3n) is 3.86. The number of carboxylic acid groups (broad SMARTS) is 1. The lowest BCUT2D eigenvalue weighted by Crippen LogP contribution is -2.41. The highest BCUT2D eigenvalue weighted by Crippen LogP contribution is 2.16. The summed E-state index contributed by atoms with van der Waals surface area (Å²) >= 11 is 1.74. The Morgan fingerprint density at radius 1 is 1.21 bits per heavy atom. The summed E-state index contributed by atoms with van der Waals surface area (Å²) in [5.74, 6) is 1.36. The molecule has 0 fully saturated rings. The maximum absolute atomic E-state index is 11.8. The van der Waals surface area contributed by atoms with Crippen LogP contribution in [0.15, 0.2) is 30.3 Å². The van der Waals surface area contributed by atoms with Gasteiger partial charge in [-0.3, -0.25) is 0 Å². The van der Waals surface area contributed by atoms with Gasteiger partial charge in [-0.2, -0.15) is 11.8 Å². The van der Waals surface area contributed by atoms with Gasteiger partial charge in [-0.15, -0.1) is 0 Å². The first kappa shape index (κ1) is 20.4. The summed E-state index contributed by atoms with van der Waals surface area (Å²) in [5.41, 5.74) is 0.861. The molecule has 5 nitrogen and oxygen atoms in total. The third-order valence-corrected chi connectivity index (χ3v) is 5.09. The van der Waals surface area contributed by atoms with Crippen LogP contribution in [0.4, 0.5) is 4.79 Å². The van der Waals surface area contributed by atoms with Gasteiger partial charge in [0.2, 0.25) is 0 Å². The number of nitrogens with one attached hydrogen (secondary N) is 1. The Bertz CT molecular complexity index is 491. The molecule has 1 rings (SSSR count). The number of carboxylic acids is 1. The third kappa shape index (κ3) is 8.24. The molecule has 0 saturated heterocycles. The first-order chi connectivity index (χ1) is 11.6. The normalized spacial score (nSPS) is 12.0. The Kier molecular flexibility index (Phi) is 10.00. The minimum atomic E-state index is -1.03. The predicted molar refractivity (Wildman–Crippen MR) is 97.2 cm³/mol. The van der Waals surface area contributed by atoms with Gasteiger partial charge < -0.3 is 15.2 Å². The largest absolute Gasteiger partial charge is 0.480 e. The van der Waals surface area contributed by atoms with Crippen molar-refractivity contribution in [2.24, 2.45) is 5.92 Å². The Balaban J connectivity index is 2.31. The molecule has 6 heteroatoms. The lowest BCUT2D eigenvalue weighted by atomic mass is 10.1. The van der Waals surface area contributed by atoms with Crippen molar-refractivity contribution in [3.63, 3.8) is 0 Å². The van der Waals surface area contributed by atoms with Crippen LogP contribution in [-0.2, 0) is 16.1 Å². The maximum atomic E-state index is 11.8. The number of thioether (sulfide) groups is 1. The van der Waals surface area contributed by atoms with E-state index in [1.807, 2.05) is 30.3 Å². The summed E-state index contributed by atoms with van der Waals surface area (Å²) in [7, 11) is 0. The van der Waals surface area contributed by atoms with Crippen LogP contribution in [0.25, 0.3) is 0 Å². The molecule has 134 valence electrons. The molecule has 1 amide bonds. The SMILES string of the molecule is CCC(CC)CSCCC(NC(=O)OCc1ccccc1)C(=O)O. The number of rotatable bonds is 11. The molecule has 0 aliphatic heterocycles. The highest BCUT2D eigenvalue weighted by molar-refractivity contribution is 7.99. The number of ether oxygens (including phenoxy) is 1. The van der Waals surface area contributed by atoms with Crippen LogP contribution in [0.2, 0.25) is 0 Å². The molecule has 0 spiro atoms. The van der Waals surface area contributed by atoms with E-state index in [1.165, 1.54) is 0 Å². The van der Waals surface area contributed by atoms with E-state index in [9.17, 15) is 14.7 Å². The fourth-order valence-electron chi connectivity index (χ4n) is 2.14. The topological polar surface area (TPSA) is 75.6 Å². The molecule has 0 aromatic heterocycles. The van der Waals surface area contributed by atoms with Crippen LogP contribution in [0.1, 0.15) is 38.7 Å². The summed E-state index contributed by atoms with van der Waals surface area (Å²) in [6.45, 7) is 4.46. The molecule has 24 heavy (non-hydrogen) atoms. The number of carbonyl (C=O) groups is 2. The second kappa shape index (κ2) is 11.8. The minimum Gasteiger partial charge on any atom is -0.480 e. The molecule has 1 atom stereocenters. The van der Waals surface area contributed by atoms with Gasteiger partial charge in [-0.05, 0) is 29.4 Å². The van der Waals surface area contributed by atoms with E-state index in [1.54, 1.807) is 11.8 Å². The van der Waals surface area contributed by atoms with Gasteiger partial charge in [0, 0.05) is 0 Å². The lowest BCUT2D eigenvalue weighted by Gasteiger charge is -2.16. The standard InChI is InChI=1S/C18H27NO4S/c1-3-14(4-2)13-24-11-10-16(17(20)21)19-18(22)23-12-15-8-6-5-7-9-15/h5-9,14,16H,3-4,10-13H2,1-2H3,(H,19,22)(H,20,21). The van der Waals surface area contributed by atoms with E-state index < -0.39 is 18.1 Å². The molecule has 0 aliphatic carbocycles. The van der Waals surface area contributed by atoms with Crippen LogP contribution in [0, 0.1) is 5.92 Å². The smallest absolute Gasteiger partial charge is 0.408 e. The first-order valence-electron chi connectivity index (χ1n) is 8.34. The Hall–Kier alpha value is -1.69. The Labute approximate surface area is 148 Å². The number of aliphatic carboxylic acids is 1. The number of benzene rings is 1. The quantitative estimate of drug-likeness (QED) is 0.590. The molecular weight excluding hydrogens is 326 g/mol. The zero-order chi connectivity index (χ0) is 17.8. The van der Waals surface area contributed by atoms with E-state index in [4.69, 9.17) is 4.74 Å².